The van der Waals surface area contributed by atoms with Gasteiger partial charge in [-0.05, 0) is 42.9 Å². The van der Waals surface area contributed by atoms with Crippen molar-refractivity contribution in [1.29, 1.82) is 0 Å². The van der Waals surface area contributed by atoms with Crippen molar-refractivity contribution < 1.29 is 4.79 Å². The van der Waals surface area contributed by atoms with E-state index in [4.69, 9.17) is 0 Å². The molecule has 1 atom stereocenters. The molecule has 1 heterocycles. The molecule has 2 aromatic rings. The summed E-state index contributed by atoms with van der Waals surface area (Å²) in [6.45, 7) is 1.91. The van der Waals surface area contributed by atoms with Crippen LogP contribution in [0.25, 0.3) is 0 Å². The van der Waals surface area contributed by atoms with Gasteiger partial charge in [-0.3, -0.25) is 9.59 Å². The molecule has 3 rings (SSSR count). The minimum atomic E-state index is -0.329. The second-order valence-electron chi connectivity index (χ2n) is 5.92. The topological polar surface area (TPSA) is 51.1 Å². The number of hydrogen-bond donors (Lipinski definition) is 1. The van der Waals surface area contributed by atoms with Crippen molar-refractivity contribution in [1.82, 2.24) is 9.88 Å². The van der Waals surface area contributed by atoms with E-state index in [-0.39, 0.29) is 23.1 Å². The molecule has 4 heteroatoms. The standard InChI is InChI=1S/C18H20N2O2/c1-12-10-15(17(21)19-2)18(22)20(11-12)16(14-8-9-14)13-6-4-3-5-7-13/h3-7,10-11,14,16H,8-9H2,1-2H3,(H,19,21). The average Bonchev–Trinajstić information content (AvgIpc) is 3.35. The first-order valence-corrected chi connectivity index (χ1v) is 7.61. The smallest absolute Gasteiger partial charge is 0.263 e. The number of carbonyl (C=O) groups excluding carboxylic acids is 1. The van der Waals surface area contributed by atoms with Crippen LogP contribution in [0.1, 0.15) is 40.4 Å². The first kappa shape index (κ1) is 14.6. The molecule has 1 aliphatic rings. The maximum atomic E-state index is 12.8. The van der Waals surface area contributed by atoms with Crippen molar-refractivity contribution in [3.8, 4) is 0 Å². The molecule has 1 saturated carbocycles. The number of benzene rings is 1. The SMILES string of the molecule is CNC(=O)c1cc(C)cn(C(c2ccccc2)C2CC2)c1=O. The van der Waals surface area contributed by atoms with Crippen molar-refractivity contribution in [2.45, 2.75) is 25.8 Å². The van der Waals surface area contributed by atoms with Gasteiger partial charge in [-0.2, -0.15) is 0 Å². The number of hydrogen-bond acceptors (Lipinski definition) is 2. The lowest BCUT2D eigenvalue weighted by molar-refractivity contribution is 0.0960. The molecule has 0 spiro atoms. The van der Waals surface area contributed by atoms with E-state index in [1.54, 1.807) is 17.7 Å². The van der Waals surface area contributed by atoms with E-state index in [0.29, 0.717) is 5.92 Å². The lowest BCUT2D eigenvalue weighted by atomic mass is 10.0. The van der Waals surface area contributed by atoms with E-state index in [9.17, 15) is 9.59 Å². The Morgan fingerprint density at radius 1 is 1.27 bits per heavy atom. The molecule has 114 valence electrons. The van der Waals surface area contributed by atoms with Crippen molar-refractivity contribution in [2.75, 3.05) is 7.05 Å². The molecule has 1 aromatic carbocycles. The fourth-order valence-electron chi connectivity index (χ4n) is 2.97. The van der Waals surface area contributed by atoms with Gasteiger partial charge in [0.05, 0.1) is 6.04 Å². The highest BCUT2D eigenvalue weighted by atomic mass is 16.2. The van der Waals surface area contributed by atoms with Gasteiger partial charge in [-0.1, -0.05) is 30.3 Å². The Morgan fingerprint density at radius 3 is 2.55 bits per heavy atom. The zero-order valence-electron chi connectivity index (χ0n) is 12.9. The molecule has 1 fully saturated rings. The van der Waals surface area contributed by atoms with Crippen molar-refractivity contribution in [3.63, 3.8) is 0 Å². The summed E-state index contributed by atoms with van der Waals surface area (Å²) in [5, 5.41) is 2.55. The molecular formula is C18H20N2O2. The maximum Gasteiger partial charge on any atom is 0.263 e. The number of rotatable bonds is 4. The number of aryl methyl sites for hydroxylation is 1. The van der Waals surface area contributed by atoms with Gasteiger partial charge < -0.3 is 9.88 Å². The Kier molecular flexibility index (Phi) is 3.84. The predicted octanol–water partition coefficient (Wildman–Crippen LogP) is 2.52. The predicted molar refractivity (Wildman–Crippen MR) is 86.1 cm³/mol. The fraction of sp³-hybridized carbons (Fsp3) is 0.333. The Morgan fingerprint density at radius 2 is 1.95 bits per heavy atom. The molecular weight excluding hydrogens is 276 g/mol. The Hall–Kier alpha value is -2.36. The quantitative estimate of drug-likeness (QED) is 0.942. The number of aromatic nitrogens is 1. The van der Waals surface area contributed by atoms with E-state index >= 15 is 0 Å². The molecule has 0 aliphatic heterocycles. The second-order valence-corrected chi connectivity index (χ2v) is 5.92. The zero-order chi connectivity index (χ0) is 15.7. The minimum absolute atomic E-state index is 0.0111. The summed E-state index contributed by atoms with van der Waals surface area (Å²) in [7, 11) is 1.55. The van der Waals surface area contributed by atoms with Crippen LogP contribution < -0.4 is 10.9 Å². The molecule has 0 saturated heterocycles. The molecule has 1 unspecified atom stereocenters. The van der Waals surface area contributed by atoms with E-state index in [1.165, 1.54) is 0 Å². The number of pyridine rings is 1. The Bertz CT molecular complexity index is 745. The Balaban J connectivity index is 2.15. The molecule has 1 N–H and O–H groups in total. The summed E-state index contributed by atoms with van der Waals surface area (Å²) in [6, 6.07) is 11.7. The monoisotopic (exact) mass is 296 g/mol. The lowest BCUT2D eigenvalue weighted by Crippen LogP contribution is -2.34. The summed E-state index contributed by atoms with van der Waals surface area (Å²) >= 11 is 0. The summed E-state index contributed by atoms with van der Waals surface area (Å²) in [5.41, 5.74) is 2.04. The molecule has 1 amide bonds. The van der Waals surface area contributed by atoms with Gasteiger partial charge in [0, 0.05) is 13.2 Å². The first-order chi connectivity index (χ1) is 10.6. The van der Waals surface area contributed by atoms with Crippen LogP contribution in [-0.2, 0) is 0 Å². The third-order valence-corrected chi connectivity index (χ3v) is 4.16. The number of nitrogens with one attached hydrogen (secondary N) is 1. The van der Waals surface area contributed by atoms with Gasteiger partial charge in [0.1, 0.15) is 5.56 Å². The summed E-state index contributed by atoms with van der Waals surface area (Å²) in [5.74, 6) is 0.143. The van der Waals surface area contributed by atoms with E-state index in [2.05, 4.69) is 17.4 Å². The van der Waals surface area contributed by atoms with Crippen LogP contribution in [0.3, 0.4) is 0 Å². The largest absolute Gasteiger partial charge is 0.355 e. The minimum Gasteiger partial charge on any atom is -0.355 e. The Labute approximate surface area is 129 Å². The highest BCUT2D eigenvalue weighted by Crippen LogP contribution is 2.42. The van der Waals surface area contributed by atoms with Gasteiger partial charge in [-0.25, -0.2) is 0 Å². The van der Waals surface area contributed by atoms with Gasteiger partial charge in [0.15, 0.2) is 0 Å². The highest BCUT2D eigenvalue weighted by molar-refractivity contribution is 5.93. The van der Waals surface area contributed by atoms with Gasteiger partial charge in [-0.15, -0.1) is 0 Å². The van der Waals surface area contributed by atoms with Crippen LogP contribution in [0.2, 0.25) is 0 Å². The number of nitrogens with zero attached hydrogens (tertiary/aromatic N) is 1. The fourth-order valence-corrected chi connectivity index (χ4v) is 2.97. The van der Waals surface area contributed by atoms with E-state index < -0.39 is 0 Å². The van der Waals surface area contributed by atoms with Crippen molar-refractivity contribution in [3.05, 3.63) is 69.6 Å². The van der Waals surface area contributed by atoms with Crippen molar-refractivity contribution in [2.24, 2.45) is 5.92 Å². The van der Waals surface area contributed by atoms with Crippen LogP contribution in [0.5, 0.6) is 0 Å². The van der Waals surface area contributed by atoms with Crippen LogP contribution in [0.4, 0.5) is 0 Å². The zero-order valence-corrected chi connectivity index (χ0v) is 12.9. The highest BCUT2D eigenvalue weighted by Gasteiger charge is 2.34. The van der Waals surface area contributed by atoms with Crippen LogP contribution in [0, 0.1) is 12.8 Å². The molecule has 0 bridgehead atoms. The summed E-state index contributed by atoms with van der Waals surface area (Å²) in [4.78, 5) is 24.7. The molecule has 1 aliphatic carbocycles. The average molecular weight is 296 g/mol. The summed E-state index contributed by atoms with van der Waals surface area (Å²) in [6.07, 6.45) is 4.11. The van der Waals surface area contributed by atoms with E-state index in [0.717, 1.165) is 24.0 Å². The third kappa shape index (κ3) is 2.69. The van der Waals surface area contributed by atoms with E-state index in [1.807, 2.05) is 31.3 Å². The first-order valence-electron chi connectivity index (χ1n) is 7.61. The van der Waals surface area contributed by atoms with Crippen LogP contribution in [0.15, 0.2) is 47.4 Å². The second kappa shape index (κ2) is 5.79. The number of carbonyl (C=O) groups is 1. The van der Waals surface area contributed by atoms with Crippen LogP contribution in [-0.4, -0.2) is 17.5 Å². The normalized spacial score (nSPS) is 15.4. The molecule has 0 radical (unpaired) electrons. The van der Waals surface area contributed by atoms with Crippen molar-refractivity contribution >= 4 is 5.91 Å². The van der Waals surface area contributed by atoms with Gasteiger partial charge in [0.25, 0.3) is 11.5 Å². The number of amides is 1. The molecule has 1 aromatic heterocycles. The maximum absolute atomic E-state index is 12.8. The lowest BCUT2D eigenvalue weighted by Gasteiger charge is -2.21. The van der Waals surface area contributed by atoms with Gasteiger partial charge in [0.2, 0.25) is 0 Å². The van der Waals surface area contributed by atoms with Gasteiger partial charge >= 0.3 is 0 Å². The molecule has 4 nitrogen and oxygen atoms in total. The third-order valence-electron chi connectivity index (χ3n) is 4.16. The summed E-state index contributed by atoms with van der Waals surface area (Å²) < 4.78 is 1.74. The van der Waals surface area contributed by atoms with Crippen LogP contribution >= 0.6 is 0 Å². The molecule has 22 heavy (non-hydrogen) atoms.